The number of para-hydroxylation sites is 1. The number of anilines is 1. The molecule has 0 radical (unpaired) electrons. The number of pyridine rings is 2. The predicted octanol–water partition coefficient (Wildman–Crippen LogP) is 5.60. The summed E-state index contributed by atoms with van der Waals surface area (Å²) in [6, 6.07) is 21.0. The number of aryl methyl sites for hydroxylation is 2. The van der Waals surface area contributed by atoms with Crippen molar-refractivity contribution in [3.05, 3.63) is 107 Å². The molecule has 156 valence electrons. The van der Waals surface area contributed by atoms with Gasteiger partial charge < -0.3 is 0 Å². The molecule has 4 rings (SSSR count). The van der Waals surface area contributed by atoms with Crippen molar-refractivity contribution in [2.24, 2.45) is 5.84 Å². The van der Waals surface area contributed by atoms with Crippen LogP contribution in [0.3, 0.4) is 0 Å². The monoisotopic (exact) mass is 412 g/mol. The summed E-state index contributed by atoms with van der Waals surface area (Å²) in [4.78, 5) is 9.02. The number of hydrogen-bond acceptors (Lipinski definition) is 4. The number of aromatic nitrogens is 2. The largest absolute Gasteiger partial charge is 0.262 e. The first-order valence-electron chi connectivity index (χ1n) is 10.4. The molecule has 0 aliphatic rings. The molecule has 2 heterocycles. The fraction of sp³-hybridized carbons (Fsp3) is 0.154. The molecule has 4 nitrogen and oxygen atoms in total. The van der Waals surface area contributed by atoms with Crippen molar-refractivity contribution in [2.75, 3.05) is 5.01 Å². The van der Waals surface area contributed by atoms with Gasteiger partial charge >= 0.3 is 0 Å². The highest BCUT2D eigenvalue weighted by Crippen LogP contribution is 2.28. The van der Waals surface area contributed by atoms with Gasteiger partial charge in [-0.25, -0.2) is 15.2 Å². The fourth-order valence-corrected chi connectivity index (χ4v) is 3.63. The lowest BCUT2D eigenvalue weighted by Gasteiger charge is -2.23. The minimum Gasteiger partial charge on any atom is -0.262 e. The third-order valence-electron chi connectivity index (χ3n) is 5.35. The van der Waals surface area contributed by atoms with E-state index in [-0.39, 0.29) is 5.82 Å². The van der Waals surface area contributed by atoms with Crippen molar-refractivity contribution in [2.45, 2.75) is 26.7 Å². The second-order valence-corrected chi connectivity index (χ2v) is 7.46. The van der Waals surface area contributed by atoms with E-state index in [9.17, 15) is 4.39 Å². The standard InChI is InChI=1S/C26H25FN4/c1-3-19-11-12-20(23(27)17-19)13-14-25(31(28)26-10-6-7-18(2)30-26)22-15-16-29-24-9-5-4-8-21(22)24/h4-12,14-17H,3,13,28H2,1-2H3/b25-14-. The van der Waals surface area contributed by atoms with Gasteiger partial charge in [-0.15, -0.1) is 0 Å². The maximum atomic E-state index is 14.6. The molecule has 0 fully saturated rings. The highest BCUT2D eigenvalue weighted by Gasteiger charge is 2.15. The van der Waals surface area contributed by atoms with Gasteiger partial charge in [-0.05, 0) is 61.2 Å². The van der Waals surface area contributed by atoms with Gasteiger partial charge in [0.2, 0.25) is 0 Å². The molecule has 0 spiro atoms. The number of hydrazine groups is 1. The first-order valence-corrected chi connectivity index (χ1v) is 10.4. The predicted molar refractivity (Wildman–Crippen MR) is 125 cm³/mol. The van der Waals surface area contributed by atoms with Crippen LogP contribution in [0.1, 0.15) is 29.3 Å². The molecule has 2 aromatic carbocycles. The Morgan fingerprint density at radius 2 is 1.90 bits per heavy atom. The number of rotatable bonds is 6. The van der Waals surface area contributed by atoms with Crippen LogP contribution in [0.2, 0.25) is 0 Å². The lowest BCUT2D eigenvalue weighted by Crippen LogP contribution is -2.30. The van der Waals surface area contributed by atoms with Crippen LogP contribution in [0.4, 0.5) is 10.2 Å². The van der Waals surface area contributed by atoms with E-state index in [1.807, 2.05) is 80.6 Å². The molecule has 0 bridgehead atoms. The smallest absolute Gasteiger partial charge is 0.147 e. The van der Waals surface area contributed by atoms with Crippen LogP contribution in [0.15, 0.2) is 79.0 Å². The summed E-state index contributed by atoms with van der Waals surface area (Å²) < 4.78 is 14.6. The Balaban J connectivity index is 1.81. The maximum absolute atomic E-state index is 14.6. The second kappa shape index (κ2) is 9.06. The Labute approximate surface area is 181 Å². The van der Waals surface area contributed by atoms with Crippen molar-refractivity contribution >= 4 is 22.4 Å². The number of hydrogen-bond donors (Lipinski definition) is 1. The summed E-state index contributed by atoms with van der Waals surface area (Å²) in [6.07, 6.45) is 4.92. The molecule has 0 aliphatic heterocycles. The van der Waals surface area contributed by atoms with Crippen molar-refractivity contribution in [1.82, 2.24) is 9.97 Å². The van der Waals surface area contributed by atoms with Crippen molar-refractivity contribution < 1.29 is 4.39 Å². The van der Waals surface area contributed by atoms with Gasteiger partial charge in [-0.3, -0.25) is 9.99 Å². The van der Waals surface area contributed by atoms with Crippen LogP contribution in [-0.2, 0) is 12.8 Å². The highest BCUT2D eigenvalue weighted by atomic mass is 19.1. The van der Waals surface area contributed by atoms with Gasteiger partial charge in [0.05, 0.1) is 11.2 Å². The van der Waals surface area contributed by atoms with Crippen LogP contribution in [0.5, 0.6) is 0 Å². The summed E-state index contributed by atoms with van der Waals surface area (Å²) in [5.41, 5.74) is 5.01. The molecule has 31 heavy (non-hydrogen) atoms. The topological polar surface area (TPSA) is 55.0 Å². The molecule has 5 heteroatoms. The van der Waals surface area contributed by atoms with Gasteiger partial charge in [0.25, 0.3) is 0 Å². The molecule has 0 saturated heterocycles. The molecular weight excluding hydrogens is 387 g/mol. The molecule has 0 aliphatic carbocycles. The molecule has 2 N–H and O–H groups in total. The van der Waals surface area contributed by atoms with Gasteiger partial charge in [0, 0.05) is 22.8 Å². The number of halogens is 1. The average molecular weight is 413 g/mol. The zero-order valence-corrected chi connectivity index (χ0v) is 17.7. The first kappa shape index (κ1) is 20.7. The molecule has 0 unspecified atom stereocenters. The third-order valence-corrected chi connectivity index (χ3v) is 5.35. The van der Waals surface area contributed by atoms with Crippen LogP contribution < -0.4 is 10.9 Å². The summed E-state index contributed by atoms with van der Waals surface area (Å²) in [7, 11) is 0. The molecule has 2 aromatic heterocycles. The Morgan fingerprint density at radius 1 is 1.06 bits per heavy atom. The van der Waals surface area contributed by atoms with E-state index < -0.39 is 0 Å². The molecular formula is C26H25FN4. The Bertz CT molecular complexity index is 1240. The van der Waals surface area contributed by atoms with Crippen LogP contribution >= 0.6 is 0 Å². The zero-order valence-electron chi connectivity index (χ0n) is 17.7. The summed E-state index contributed by atoms with van der Waals surface area (Å²) in [6.45, 7) is 3.94. The Morgan fingerprint density at radius 3 is 2.68 bits per heavy atom. The lowest BCUT2D eigenvalue weighted by molar-refractivity contribution is 0.612. The summed E-state index contributed by atoms with van der Waals surface area (Å²) in [5, 5.41) is 2.54. The fourth-order valence-electron chi connectivity index (χ4n) is 3.63. The number of allylic oxidation sites excluding steroid dienone is 1. The molecule has 0 amide bonds. The maximum Gasteiger partial charge on any atom is 0.147 e. The highest BCUT2D eigenvalue weighted by molar-refractivity contribution is 5.94. The van der Waals surface area contributed by atoms with Crippen LogP contribution in [0, 0.1) is 12.7 Å². The minimum atomic E-state index is -0.202. The van der Waals surface area contributed by atoms with Crippen LogP contribution in [-0.4, -0.2) is 9.97 Å². The average Bonchev–Trinajstić information content (AvgIpc) is 2.80. The molecule has 4 aromatic rings. The van der Waals surface area contributed by atoms with E-state index in [1.165, 1.54) is 0 Å². The quantitative estimate of drug-likeness (QED) is 0.331. The van der Waals surface area contributed by atoms with E-state index in [0.717, 1.165) is 39.8 Å². The normalized spacial score (nSPS) is 11.7. The van der Waals surface area contributed by atoms with Gasteiger partial charge in [-0.1, -0.05) is 49.4 Å². The summed E-state index contributed by atoms with van der Waals surface area (Å²) in [5.74, 6) is 6.98. The number of nitrogens with zero attached hydrogens (tertiary/aromatic N) is 3. The second-order valence-electron chi connectivity index (χ2n) is 7.46. The van der Waals surface area contributed by atoms with Crippen molar-refractivity contribution in [3.63, 3.8) is 0 Å². The van der Waals surface area contributed by atoms with E-state index >= 15 is 0 Å². The third kappa shape index (κ3) is 4.47. The SMILES string of the molecule is CCc1ccc(C/C=C(/c2ccnc3ccccc23)N(N)c2cccc(C)n2)c(F)c1. The van der Waals surface area contributed by atoms with Crippen molar-refractivity contribution in [1.29, 1.82) is 0 Å². The van der Waals surface area contributed by atoms with Gasteiger partial charge in [0.1, 0.15) is 11.6 Å². The number of fused-ring (bicyclic) bond motifs is 1. The van der Waals surface area contributed by atoms with E-state index in [1.54, 1.807) is 17.3 Å². The number of nitrogens with two attached hydrogens (primary N) is 1. The Hall–Kier alpha value is -3.57. The van der Waals surface area contributed by atoms with Gasteiger partial charge in [-0.2, -0.15) is 0 Å². The Kier molecular flexibility index (Phi) is 6.05. The number of benzene rings is 2. The summed E-state index contributed by atoms with van der Waals surface area (Å²) >= 11 is 0. The van der Waals surface area contributed by atoms with Crippen molar-refractivity contribution in [3.8, 4) is 0 Å². The first-order chi connectivity index (χ1) is 15.1. The van der Waals surface area contributed by atoms with Gasteiger partial charge in [0.15, 0.2) is 0 Å². The zero-order chi connectivity index (χ0) is 21.8. The minimum absolute atomic E-state index is 0.202. The van der Waals surface area contributed by atoms with E-state index in [4.69, 9.17) is 5.84 Å². The van der Waals surface area contributed by atoms with E-state index in [0.29, 0.717) is 17.8 Å². The van der Waals surface area contributed by atoms with Crippen LogP contribution in [0.25, 0.3) is 16.6 Å². The molecule has 0 atom stereocenters. The van der Waals surface area contributed by atoms with E-state index in [2.05, 4.69) is 9.97 Å². The molecule has 0 saturated carbocycles. The lowest BCUT2D eigenvalue weighted by atomic mass is 10.0.